The lowest BCUT2D eigenvalue weighted by Gasteiger charge is -2.40. The van der Waals surface area contributed by atoms with Crippen LogP contribution in [0.3, 0.4) is 0 Å². The number of nitrogens with two attached hydrogens (primary N) is 2. The molecule has 0 radical (unpaired) electrons. The van der Waals surface area contributed by atoms with Gasteiger partial charge >= 0.3 is 0 Å². The number of halogens is 3. The minimum Gasteiger partial charge on any atom is -0.467 e. The molecule has 1 spiro atoms. The van der Waals surface area contributed by atoms with Crippen molar-refractivity contribution in [2.45, 2.75) is 50.7 Å². The third-order valence-corrected chi connectivity index (χ3v) is 8.22. The number of amides is 2. The summed E-state index contributed by atoms with van der Waals surface area (Å²) < 4.78 is 20.0. The quantitative estimate of drug-likeness (QED) is 0.363. The number of piperidine rings is 1. The number of anilines is 2. The zero-order valence-electron chi connectivity index (χ0n) is 22.2. The number of nitrogen functional groups attached to an aromatic ring is 1. The predicted octanol–water partition coefficient (Wildman–Crippen LogP) is 4.86. The fraction of sp³-hybridized carbons (Fsp3) is 0.357. The smallest absolute Gasteiger partial charge is 0.258 e. The number of benzene rings is 2. The van der Waals surface area contributed by atoms with E-state index in [1.807, 2.05) is 18.2 Å². The molecule has 3 heterocycles. The first kappa shape index (κ1) is 28.1. The van der Waals surface area contributed by atoms with Crippen LogP contribution in [0, 0.1) is 5.82 Å². The third-order valence-electron chi connectivity index (χ3n) is 7.51. The van der Waals surface area contributed by atoms with Crippen LogP contribution in [0.25, 0.3) is 11.3 Å². The molecule has 210 valence electrons. The maximum atomic E-state index is 14.0. The highest BCUT2D eigenvalue weighted by atomic mass is 35.5. The number of aromatic nitrogens is 2. The number of ether oxygens (including phenoxy) is 1. The number of carbonyl (C=O) groups is 2. The second kappa shape index (κ2) is 10.2. The van der Waals surface area contributed by atoms with Gasteiger partial charge in [0.25, 0.3) is 5.88 Å². The number of hydrogen-bond acceptors (Lipinski definition) is 7. The van der Waals surface area contributed by atoms with Crippen molar-refractivity contribution in [3.05, 3.63) is 63.5 Å². The second-order valence-electron chi connectivity index (χ2n) is 10.8. The van der Waals surface area contributed by atoms with Crippen molar-refractivity contribution >= 4 is 46.5 Å². The highest BCUT2D eigenvalue weighted by Gasteiger charge is 2.49. The Morgan fingerprint density at radius 3 is 2.60 bits per heavy atom. The molecule has 0 saturated carbocycles. The van der Waals surface area contributed by atoms with E-state index in [9.17, 15) is 14.0 Å². The van der Waals surface area contributed by atoms with Crippen LogP contribution in [0.15, 0.2) is 36.5 Å². The topological polar surface area (TPSA) is 136 Å². The zero-order chi connectivity index (χ0) is 29.0. The molecule has 2 aliphatic rings. The van der Waals surface area contributed by atoms with E-state index >= 15 is 0 Å². The van der Waals surface area contributed by atoms with Gasteiger partial charge < -0.3 is 26.4 Å². The van der Waals surface area contributed by atoms with Crippen molar-refractivity contribution in [2.24, 2.45) is 5.73 Å². The number of carbonyl (C=O) groups excluding carboxylic acids is 2. The normalized spacial score (nSPS) is 17.0. The monoisotopic (exact) mass is 586 g/mol. The van der Waals surface area contributed by atoms with E-state index in [0.717, 1.165) is 5.56 Å². The lowest BCUT2D eigenvalue weighted by atomic mass is 9.73. The molecule has 5 N–H and O–H groups in total. The summed E-state index contributed by atoms with van der Waals surface area (Å²) in [4.78, 5) is 36.3. The molecule has 2 amide bonds. The SMILES string of the molecule is C[C@@H](Oc1nc(-c2ccc3c(c2)NC(=O)C32CCN(C(=O)C(C)(C)N)CC2)cnc1N)c1c(Cl)ccc(F)c1Cl. The van der Waals surface area contributed by atoms with Crippen LogP contribution in [0.5, 0.6) is 5.88 Å². The molecule has 1 atom stereocenters. The number of rotatable bonds is 5. The van der Waals surface area contributed by atoms with E-state index in [4.69, 9.17) is 39.4 Å². The van der Waals surface area contributed by atoms with Crippen LogP contribution in [0.1, 0.15) is 50.8 Å². The Morgan fingerprint density at radius 2 is 1.93 bits per heavy atom. The van der Waals surface area contributed by atoms with E-state index in [-0.39, 0.29) is 39.1 Å². The predicted molar refractivity (Wildman–Crippen MR) is 152 cm³/mol. The zero-order valence-corrected chi connectivity index (χ0v) is 23.7. The van der Waals surface area contributed by atoms with Crippen LogP contribution < -0.4 is 21.5 Å². The van der Waals surface area contributed by atoms with Crippen molar-refractivity contribution in [2.75, 3.05) is 24.1 Å². The summed E-state index contributed by atoms with van der Waals surface area (Å²) in [5.41, 5.74) is 13.3. The van der Waals surface area contributed by atoms with Crippen LogP contribution in [0.2, 0.25) is 10.0 Å². The van der Waals surface area contributed by atoms with E-state index in [0.29, 0.717) is 42.9 Å². The van der Waals surface area contributed by atoms with Crippen LogP contribution >= 0.6 is 23.2 Å². The fourth-order valence-electron chi connectivity index (χ4n) is 5.33. The van der Waals surface area contributed by atoms with Gasteiger partial charge in [-0.3, -0.25) is 9.59 Å². The van der Waals surface area contributed by atoms with E-state index in [1.165, 1.54) is 18.3 Å². The second-order valence-corrected chi connectivity index (χ2v) is 11.6. The average molecular weight is 587 g/mol. The van der Waals surface area contributed by atoms with Gasteiger partial charge in [0.05, 0.1) is 27.9 Å². The molecule has 5 rings (SSSR count). The summed E-state index contributed by atoms with van der Waals surface area (Å²) in [5, 5.41) is 3.10. The molecule has 9 nitrogen and oxygen atoms in total. The molecule has 1 saturated heterocycles. The number of nitrogens with zero attached hydrogens (tertiary/aromatic N) is 3. The third kappa shape index (κ3) is 4.84. The minimum atomic E-state index is -0.967. The first-order valence-corrected chi connectivity index (χ1v) is 13.5. The number of likely N-dealkylation sites (tertiary alicyclic amines) is 1. The summed E-state index contributed by atoms with van der Waals surface area (Å²) in [6, 6.07) is 8.16. The number of nitrogens with one attached hydrogen (secondary N) is 1. The molecule has 1 aromatic heterocycles. The van der Waals surface area contributed by atoms with Gasteiger partial charge in [-0.05, 0) is 57.4 Å². The molecular formula is C28H29Cl2FN6O3. The molecule has 40 heavy (non-hydrogen) atoms. The molecule has 2 aliphatic heterocycles. The lowest BCUT2D eigenvalue weighted by Crippen LogP contribution is -2.56. The van der Waals surface area contributed by atoms with Crippen LogP contribution in [-0.2, 0) is 15.0 Å². The van der Waals surface area contributed by atoms with Gasteiger partial charge in [0, 0.05) is 34.9 Å². The van der Waals surface area contributed by atoms with Crippen molar-refractivity contribution in [3.63, 3.8) is 0 Å². The summed E-state index contributed by atoms with van der Waals surface area (Å²) in [6.45, 7) is 5.90. The minimum absolute atomic E-state index is 0.0299. The molecule has 2 aromatic carbocycles. The summed E-state index contributed by atoms with van der Waals surface area (Å²) in [5.74, 6) is -0.781. The molecule has 12 heteroatoms. The molecule has 1 fully saturated rings. The van der Waals surface area contributed by atoms with Gasteiger partial charge in [0.1, 0.15) is 11.9 Å². The molecule has 0 unspecified atom stereocenters. The van der Waals surface area contributed by atoms with Crippen LogP contribution in [-0.4, -0.2) is 45.3 Å². The molecule has 0 aliphatic carbocycles. The Labute approximate surface area is 241 Å². The fourth-order valence-corrected chi connectivity index (χ4v) is 6.01. The first-order valence-electron chi connectivity index (χ1n) is 12.8. The van der Waals surface area contributed by atoms with Crippen molar-refractivity contribution < 1.29 is 18.7 Å². The Hall–Kier alpha value is -3.47. The van der Waals surface area contributed by atoms with Gasteiger partial charge in [-0.1, -0.05) is 35.3 Å². The Kier molecular flexibility index (Phi) is 7.14. The highest BCUT2D eigenvalue weighted by molar-refractivity contribution is 6.36. The highest BCUT2D eigenvalue weighted by Crippen LogP contribution is 2.46. The van der Waals surface area contributed by atoms with Crippen molar-refractivity contribution in [1.29, 1.82) is 0 Å². The van der Waals surface area contributed by atoms with Crippen LogP contribution in [0.4, 0.5) is 15.9 Å². The first-order chi connectivity index (χ1) is 18.8. The standard InChI is InChI=1S/C28H29Cl2FN6O3/c1-14(21-17(29)6-7-18(31)22(21)30)40-24-23(32)34-13-20(35-24)15-4-5-16-19(12-15)36-25(38)28(16)8-10-37(11-9-28)26(39)27(2,3)33/h4-7,12-14H,8-11,33H2,1-3H3,(H2,32,34)(H,36,38)/t14-/m1/s1. The van der Waals surface area contributed by atoms with Crippen molar-refractivity contribution in [3.8, 4) is 17.1 Å². The number of fused-ring (bicyclic) bond motifs is 2. The summed E-state index contributed by atoms with van der Waals surface area (Å²) >= 11 is 12.4. The Balaban J connectivity index is 1.39. The number of hydrogen-bond donors (Lipinski definition) is 3. The van der Waals surface area contributed by atoms with Gasteiger partial charge in [0.15, 0.2) is 5.82 Å². The Bertz CT molecular complexity index is 1520. The van der Waals surface area contributed by atoms with Gasteiger partial charge in [-0.15, -0.1) is 0 Å². The Morgan fingerprint density at radius 1 is 1.23 bits per heavy atom. The van der Waals surface area contributed by atoms with E-state index in [2.05, 4.69) is 15.3 Å². The van der Waals surface area contributed by atoms with E-state index in [1.54, 1.807) is 25.7 Å². The maximum absolute atomic E-state index is 14.0. The molecule has 0 bridgehead atoms. The summed E-state index contributed by atoms with van der Waals surface area (Å²) in [7, 11) is 0. The largest absolute Gasteiger partial charge is 0.467 e. The van der Waals surface area contributed by atoms with Gasteiger partial charge in [0.2, 0.25) is 11.8 Å². The van der Waals surface area contributed by atoms with Gasteiger partial charge in [-0.25, -0.2) is 14.4 Å². The van der Waals surface area contributed by atoms with Crippen molar-refractivity contribution in [1.82, 2.24) is 14.9 Å². The lowest BCUT2D eigenvalue weighted by molar-refractivity contribution is -0.139. The van der Waals surface area contributed by atoms with E-state index < -0.39 is 22.9 Å². The molecular weight excluding hydrogens is 558 g/mol. The summed E-state index contributed by atoms with van der Waals surface area (Å²) in [6.07, 6.45) is 1.72. The maximum Gasteiger partial charge on any atom is 0.258 e. The molecule has 3 aromatic rings. The van der Waals surface area contributed by atoms with Gasteiger partial charge in [-0.2, -0.15) is 0 Å². The average Bonchev–Trinajstić information content (AvgIpc) is 3.17.